The third-order valence-corrected chi connectivity index (χ3v) is 5.39. The van der Waals surface area contributed by atoms with Crippen molar-refractivity contribution in [3.8, 4) is 5.75 Å². The van der Waals surface area contributed by atoms with Crippen molar-refractivity contribution in [2.45, 2.75) is 26.9 Å². The van der Waals surface area contributed by atoms with Crippen molar-refractivity contribution in [1.29, 1.82) is 0 Å². The lowest BCUT2D eigenvalue weighted by Crippen LogP contribution is -2.29. The number of nitrogens with one attached hydrogen (secondary N) is 1. The summed E-state index contributed by atoms with van der Waals surface area (Å²) in [5, 5.41) is 6.02. The number of para-hydroxylation sites is 1. The fraction of sp³-hybridized carbons (Fsp3) is 0.304. The zero-order valence-electron chi connectivity index (χ0n) is 16.9. The van der Waals surface area contributed by atoms with Crippen molar-refractivity contribution in [1.82, 2.24) is 10.3 Å². The van der Waals surface area contributed by atoms with Gasteiger partial charge in [0, 0.05) is 36.3 Å². The Morgan fingerprint density at radius 1 is 1.14 bits per heavy atom. The number of anilines is 1. The molecule has 3 aromatic rings. The highest BCUT2D eigenvalue weighted by Gasteiger charge is 2.07. The van der Waals surface area contributed by atoms with E-state index in [0.29, 0.717) is 18.7 Å². The summed E-state index contributed by atoms with van der Waals surface area (Å²) >= 11 is 1.61. The van der Waals surface area contributed by atoms with Crippen LogP contribution in [-0.2, 0) is 6.61 Å². The number of carbonyl (C=O) groups excluding carboxylic acids is 1. The molecular weight excluding hydrogens is 382 g/mol. The van der Waals surface area contributed by atoms with E-state index in [4.69, 9.17) is 4.74 Å². The molecule has 29 heavy (non-hydrogen) atoms. The number of rotatable bonds is 10. The summed E-state index contributed by atoms with van der Waals surface area (Å²) in [6.45, 7) is 7.05. The number of benzene rings is 2. The van der Waals surface area contributed by atoms with E-state index in [-0.39, 0.29) is 5.91 Å². The first kappa shape index (κ1) is 20.9. The van der Waals surface area contributed by atoms with Crippen LogP contribution < -0.4 is 15.0 Å². The van der Waals surface area contributed by atoms with Gasteiger partial charge in [-0.2, -0.15) is 0 Å². The smallest absolute Gasteiger partial charge is 0.251 e. The van der Waals surface area contributed by atoms with Crippen LogP contribution in [0.1, 0.15) is 34.4 Å². The first-order valence-corrected chi connectivity index (χ1v) is 10.8. The molecule has 0 unspecified atom stereocenters. The van der Waals surface area contributed by atoms with Crippen molar-refractivity contribution >= 4 is 22.9 Å². The Kier molecular flexibility index (Phi) is 7.64. The van der Waals surface area contributed by atoms with Gasteiger partial charge in [-0.25, -0.2) is 4.98 Å². The number of aryl methyl sites for hydroxylation is 1. The molecule has 0 aliphatic carbocycles. The standard InChI is InChI=1S/C23H27N3O2S/c1-3-26(21-8-5-4-6-9-21)15-7-14-24-23(27)19-10-12-22(13-11-19)28-16-20-17-29-18(2)25-20/h4-6,8-13,17H,3,7,14-16H2,1-2H3,(H,24,27). The number of ether oxygens (including phenoxy) is 1. The quantitative estimate of drug-likeness (QED) is 0.494. The minimum absolute atomic E-state index is 0.0607. The third-order valence-electron chi connectivity index (χ3n) is 4.56. The minimum atomic E-state index is -0.0607. The second-order valence-electron chi connectivity index (χ2n) is 6.70. The van der Waals surface area contributed by atoms with E-state index in [1.807, 2.05) is 42.6 Å². The highest BCUT2D eigenvalue weighted by Crippen LogP contribution is 2.16. The van der Waals surface area contributed by atoms with Gasteiger partial charge in [0.15, 0.2) is 0 Å². The molecule has 5 nitrogen and oxygen atoms in total. The number of nitrogens with zero attached hydrogens (tertiary/aromatic N) is 2. The van der Waals surface area contributed by atoms with Crippen molar-refractivity contribution in [3.63, 3.8) is 0 Å². The molecule has 0 radical (unpaired) electrons. The third kappa shape index (κ3) is 6.32. The number of carbonyl (C=O) groups is 1. The summed E-state index contributed by atoms with van der Waals surface area (Å²) < 4.78 is 5.73. The number of hydrogen-bond acceptors (Lipinski definition) is 5. The molecule has 0 fully saturated rings. The molecule has 0 spiro atoms. The fourth-order valence-corrected chi connectivity index (χ4v) is 3.61. The van der Waals surface area contributed by atoms with Crippen LogP contribution in [-0.4, -0.2) is 30.5 Å². The molecule has 1 heterocycles. The molecule has 3 rings (SSSR count). The highest BCUT2D eigenvalue weighted by molar-refractivity contribution is 7.09. The molecule has 0 atom stereocenters. The molecule has 0 aliphatic heterocycles. The normalized spacial score (nSPS) is 10.6. The number of amides is 1. The van der Waals surface area contributed by atoms with E-state index in [1.165, 1.54) is 5.69 Å². The molecule has 152 valence electrons. The average molecular weight is 410 g/mol. The summed E-state index contributed by atoms with van der Waals surface area (Å²) in [7, 11) is 0. The maximum Gasteiger partial charge on any atom is 0.251 e. The van der Waals surface area contributed by atoms with Gasteiger partial charge in [-0.15, -0.1) is 11.3 Å². The maximum atomic E-state index is 12.3. The van der Waals surface area contributed by atoms with Crippen molar-refractivity contribution < 1.29 is 9.53 Å². The predicted molar refractivity (Wildman–Crippen MR) is 119 cm³/mol. The van der Waals surface area contributed by atoms with E-state index in [9.17, 15) is 4.79 Å². The van der Waals surface area contributed by atoms with Crippen LogP contribution >= 0.6 is 11.3 Å². The van der Waals surface area contributed by atoms with Crippen LogP contribution in [0.3, 0.4) is 0 Å². The van der Waals surface area contributed by atoms with Gasteiger partial charge in [0.1, 0.15) is 12.4 Å². The summed E-state index contributed by atoms with van der Waals surface area (Å²) in [4.78, 5) is 19.0. The topological polar surface area (TPSA) is 54.5 Å². The summed E-state index contributed by atoms with van der Waals surface area (Å²) in [5.41, 5.74) is 2.77. The van der Waals surface area contributed by atoms with Gasteiger partial charge < -0.3 is 15.0 Å². The largest absolute Gasteiger partial charge is 0.487 e. The van der Waals surface area contributed by atoms with Gasteiger partial charge in [0.2, 0.25) is 0 Å². The van der Waals surface area contributed by atoms with E-state index in [0.717, 1.165) is 36.0 Å². The van der Waals surface area contributed by atoms with Crippen LogP contribution in [0.4, 0.5) is 5.69 Å². The average Bonchev–Trinajstić information content (AvgIpc) is 3.18. The van der Waals surface area contributed by atoms with Crippen LogP contribution in [0.5, 0.6) is 5.75 Å². The SMILES string of the molecule is CCN(CCCNC(=O)c1ccc(OCc2csc(C)n2)cc1)c1ccccc1. The van der Waals surface area contributed by atoms with Crippen LogP contribution in [0, 0.1) is 6.92 Å². The molecule has 1 amide bonds. The Hall–Kier alpha value is -2.86. The zero-order chi connectivity index (χ0) is 20.5. The lowest BCUT2D eigenvalue weighted by atomic mass is 10.2. The van der Waals surface area contributed by atoms with E-state index < -0.39 is 0 Å². The van der Waals surface area contributed by atoms with Gasteiger partial charge in [-0.1, -0.05) is 18.2 Å². The number of aromatic nitrogens is 1. The monoisotopic (exact) mass is 409 g/mol. The Labute approximate surface area is 176 Å². The Morgan fingerprint density at radius 3 is 2.55 bits per heavy atom. The Bertz CT molecular complexity index is 894. The lowest BCUT2D eigenvalue weighted by Gasteiger charge is -2.23. The highest BCUT2D eigenvalue weighted by atomic mass is 32.1. The van der Waals surface area contributed by atoms with Gasteiger partial charge in [-0.05, 0) is 56.7 Å². The molecule has 0 saturated carbocycles. The van der Waals surface area contributed by atoms with Crippen LogP contribution in [0.25, 0.3) is 0 Å². The zero-order valence-corrected chi connectivity index (χ0v) is 17.7. The number of hydrogen-bond donors (Lipinski definition) is 1. The Morgan fingerprint density at radius 2 is 1.90 bits per heavy atom. The summed E-state index contributed by atoms with van der Waals surface area (Å²) in [5.74, 6) is 0.670. The molecule has 2 aromatic carbocycles. The van der Waals surface area contributed by atoms with E-state index in [2.05, 4.69) is 34.3 Å². The van der Waals surface area contributed by atoms with E-state index in [1.54, 1.807) is 23.5 Å². The Balaban J connectivity index is 1.41. The van der Waals surface area contributed by atoms with Gasteiger partial charge >= 0.3 is 0 Å². The first-order valence-electron chi connectivity index (χ1n) is 9.87. The summed E-state index contributed by atoms with van der Waals surface area (Å²) in [6.07, 6.45) is 0.892. The van der Waals surface area contributed by atoms with Crippen LogP contribution in [0.2, 0.25) is 0 Å². The van der Waals surface area contributed by atoms with Gasteiger partial charge in [0.25, 0.3) is 5.91 Å². The molecule has 1 N–H and O–H groups in total. The van der Waals surface area contributed by atoms with Crippen LogP contribution in [0.15, 0.2) is 60.0 Å². The maximum absolute atomic E-state index is 12.3. The summed E-state index contributed by atoms with van der Waals surface area (Å²) in [6, 6.07) is 17.6. The molecule has 1 aromatic heterocycles. The fourth-order valence-electron chi connectivity index (χ4n) is 3.02. The molecular formula is C23H27N3O2S. The lowest BCUT2D eigenvalue weighted by molar-refractivity contribution is 0.0953. The molecule has 6 heteroatoms. The molecule has 0 saturated heterocycles. The van der Waals surface area contributed by atoms with Crippen molar-refractivity contribution in [3.05, 3.63) is 76.2 Å². The van der Waals surface area contributed by atoms with Gasteiger partial charge in [0.05, 0.1) is 10.7 Å². The predicted octanol–water partition coefficient (Wildman–Crippen LogP) is 4.68. The molecule has 0 aliphatic rings. The van der Waals surface area contributed by atoms with Crippen molar-refractivity contribution in [2.24, 2.45) is 0 Å². The van der Waals surface area contributed by atoms with E-state index >= 15 is 0 Å². The van der Waals surface area contributed by atoms with Gasteiger partial charge in [-0.3, -0.25) is 4.79 Å². The first-order chi connectivity index (χ1) is 14.2. The minimum Gasteiger partial charge on any atom is -0.487 e. The molecule has 0 bridgehead atoms. The van der Waals surface area contributed by atoms with Crippen molar-refractivity contribution in [2.75, 3.05) is 24.5 Å². The number of thiazole rings is 1. The second kappa shape index (κ2) is 10.6. The second-order valence-corrected chi connectivity index (χ2v) is 7.76.